The Labute approximate surface area is 74.3 Å². The van der Waals surface area contributed by atoms with Gasteiger partial charge in [-0.15, -0.1) is 0 Å². The monoisotopic (exact) mass is 192 g/mol. The van der Waals surface area contributed by atoms with E-state index in [9.17, 15) is 9.36 Å². The van der Waals surface area contributed by atoms with E-state index < -0.39 is 7.80 Å². The summed E-state index contributed by atoms with van der Waals surface area (Å²) in [7, 11) is -2.11. The Morgan fingerprint density at radius 3 is 2.58 bits per heavy atom. The summed E-state index contributed by atoms with van der Waals surface area (Å²) >= 11 is 0. The third kappa shape index (κ3) is 5.50. The highest BCUT2D eigenvalue weighted by Crippen LogP contribution is 2.22. The normalized spacial score (nSPS) is 12.8. The molecule has 0 aromatic rings. The molecule has 1 unspecified atom stereocenters. The van der Waals surface area contributed by atoms with E-state index in [1.165, 1.54) is 0 Å². The second-order valence-corrected chi connectivity index (χ2v) is 4.30. The zero-order valence-electron chi connectivity index (χ0n) is 7.76. The summed E-state index contributed by atoms with van der Waals surface area (Å²) in [6, 6.07) is 0. The third-order valence-corrected chi connectivity index (χ3v) is 2.95. The molecule has 0 N–H and O–H groups in total. The summed E-state index contributed by atoms with van der Waals surface area (Å²) in [6.45, 7) is 4.39. The average molecular weight is 192 g/mol. The molecule has 0 radical (unpaired) electrons. The van der Waals surface area contributed by atoms with Gasteiger partial charge < -0.3 is 9.30 Å². The first-order valence-electron chi connectivity index (χ1n) is 4.36. The summed E-state index contributed by atoms with van der Waals surface area (Å²) < 4.78 is 16.1. The molecule has 0 fully saturated rings. The van der Waals surface area contributed by atoms with Crippen molar-refractivity contribution in [3.63, 3.8) is 0 Å². The van der Waals surface area contributed by atoms with Crippen molar-refractivity contribution in [1.29, 1.82) is 0 Å². The molecule has 3 nitrogen and oxygen atoms in total. The van der Waals surface area contributed by atoms with Crippen LogP contribution in [-0.4, -0.2) is 18.5 Å². The van der Waals surface area contributed by atoms with E-state index in [1.807, 2.05) is 0 Å². The van der Waals surface area contributed by atoms with Gasteiger partial charge in [-0.2, -0.15) is 0 Å². The summed E-state index contributed by atoms with van der Waals surface area (Å²) in [5.74, 6) is 0. The molecule has 0 bridgehead atoms. The zero-order chi connectivity index (χ0) is 9.40. The summed E-state index contributed by atoms with van der Waals surface area (Å²) in [4.78, 5) is 10.8. The van der Waals surface area contributed by atoms with Gasteiger partial charge in [-0.05, 0) is 6.42 Å². The second-order valence-electron chi connectivity index (χ2n) is 2.61. The van der Waals surface area contributed by atoms with Crippen molar-refractivity contribution in [2.45, 2.75) is 33.1 Å². The van der Waals surface area contributed by atoms with Crippen LogP contribution in [0.3, 0.4) is 0 Å². The van der Waals surface area contributed by atoms with Gasteiger partial charge in [0.15, 0.2) is 13.3 Å². The molecule has 72 valence electrons. The van der Waals surface area contributed by atoms with Crippen molar-refractivity contribution in [1.82, 2.24) is 0 Å². The predicted molar refractivity (Wildman–Crippen MR) is 50.0 cm³/mol. The predicted octanol–water partition coefficient (Wildman–Crippen LogP) is 2.26. The third-order valence-electron chi connectivity index (χ3n) is 1.51. The van der Waals surface area contributed by atoms with Crippen LogP contribution in [0, 0.1) is 0 Å². The summed E-state index contributed by atoms with van der Waals surface area (Å²) in [5, 5.41) is 0. The molecule has 0 aliphatic rings. The first-order chi connectivity index (χ1) is 5.72. The topological polar surface area (TPSA) is 43.4 Å². The lowest BCUT2D eigenvalue weighted by atomic mass is 10.4. The van der Waals surface area contributed by atoms with Crippen LogP contribution >= 0.6 is 7.80 Å². The molecular formula is C8H17O3P. The van der Waals surface area contributed by atoms with Crippen LogP contribution in [0.4, 0.5) is 0 Å². The maximum Gasteiger partial charge on any atom is 0.190 e. The van der Waals surface area contributed by atoms with E-state index in [4.69, 9.17) is 4.74 Å². The van der Waals surface area contributed by atoms with Gasteiger partial charge >= 0.3 is 0 Å². The molecule has 12 heavy (non-hydrogen) atoms. The molecule has 0 spiro atoms. The molecule has 1 atom stereocenters. The lowest BCUT2D eigenvalue weighted by molar-refractivity contribution is -0.111. The Kier molecular flexibility index (Phi) is 7.42. The van der Waals surface area contributed by atoms with Crippen LogP contribution in [0.15, 0.2) is 0 Å². The van der Waals surface area contributed by atoms with Gasteiger partial charge in [0.25, 0.3) is 0 Å². The quantitative estimate of drug-likeness (QED) is 0.459. The van der Waals surface area contributed by atoms with Gasteiger partial charge in [-0.25, -0.2) is 0 Å². The Balaban J connectivity index is 3.38. The molecule has 0 saturated carbocycles. The molecular weight excluding hydrogens is 175 g/mol. The standard InChI is InChI=1S/C8H17O3P/c1-3-5-6-11-7-12(10)8(9)4-2/h12H,3-7H2,1-2H3. The minimum atomic E-state index is -2.11. The van der Waals surface area contributed by atoms with E-state index in [-0.39, 0.29) is 11.9 Å². The molecule has 0 aliphatic carbocycles. The maximum atomic E-state index is 11.0. The molecule has 0 aliphatic heterocycles. The van der Waals surface area contributed by atoms with Crippen LogP contribution in [0.25, 0.3) is 0 Å². The molecule has 0 aromatic carbocycles. The van der Waals surface area contributed by atoms with E-state index in [0.717, 1.165) is 12.8 Å². The zero-order valence-corrected chi connectivity index (χ0v) is 8.76. The highest BCUT2D eigenvalue weighted by molar-refractivity contribution is 7.63. The number of unbranched alkanes of at least 4 members (excludes halogenated alkanes) is 1. The molecule has 0 heterocycles. The number of ether oxygens (including phenoxy) is 1. The Bertz CT molecular complexity index is 156. The van der Waals surface area contributed by atoms with Gasteiger partial charge in [-0.3, -0.25) is 4.79 Å². The lowest BCUT2D eigenvalue weighted by Crippen LogP contribution is -1.97. The van der Waals surface area contributed by atoms with E-state index in [1.54, 1.807) is 6.92 Å². The first kappa shape index (κ1) is 11.9. The average Bonchev–Trinajstić information content (AvgIpc) is 2.10. The fraction of sp³-hybridized carbons (Fsp3) is 0.875. The van der Waals surface area contributed by atoms with Crippen LogP contribution in [-0.2, 0) is 14.1 Å². The largest absolute Gasteiger partial charge is 0.374 e. The fourth-order valence-electron chi connectivity index (χ4n) is 0.689. The molecule has 0 amide bonds. The number of hydrogen-bond acceptors (Lipinski definition) is 3. The van der Waals surface area contributed by atoms with Crippen molar-refractivity contribution < 1.29 is 14.1 Å². The summed E-state index contributed by atoms with van der Waals surface area (Å²) in [6.07, 6.45) is 2.52. The van der Waals surface area contributed by atoms with Crippen molar-refractivity contribution in [2.24, 2.45) is 0 Å². The van der Waals surface area contributed by atoms with Gasteiger partial charge in [0.05, 0.1) is 0 Å². The van der Waals surface area contributed by atoms with Gasteiger partial charge in [-0.1, -0.05) is 20.3 Å². The van der Waals surface area contributed by atoms with Crippen molar-refractivity contribution >= 4 is 13.3 Å². The van der Waals surface area contributed by atoms with Crippen LogP contribution in [0.2, 0.25) is 0 Å². The van der Waals surface area contributed by atoms with E-state index in [0.29, 0.717) is 13.0 Å². The van der Waals surface area contributed by atoms with Gasteiger partial charge in [0.2, 0.25) is 0 Å². The number of carbonyl (C=O) groups is 1. The Morgan fingerprint density at radius 1 is 1.42 bits per heavy atom. The number of hydrogen-bond donors (Lipinski definition) is 0. The number of carbonyl (C=O) groups excluding carboxylic acids is 1. The fourth-order valence-corrected chi connectivity index (χ4v) is 1.57. The SMILES string of the molecule is CCCCOC[PH](=O)C(=O)CC. The van der Waals surface area contributed by atoms with Gasteiger partial charge in [0.1, 0.15) is 6.35 Å². The highest BCUT2D eigenvalue weighted by Gasteiger charge is 2.07. The maximum absolute atomic E-state index is 11.0. The smallest absolute Gasteiger partial charge is 0.190 e. The Morgan fingerprint density at radius 2 is 2.08 bits per heavy atom. The first-order valence-corrected chi connectivity index (χ1v) is 5.97. The Hall–Kier alpha value is -0.140. The minimum Gasteiger partial charge on any atom is -0.374 e. The number of rotatable bonds is 7. The van der Waals surface area contributed by atoms with Crippen molar-refractivity contribution in [3.05, 3.63) is 0 Å². The molecule has 0 aromatic heterocycles. The summed E-state index contributed by atoms with van der Waals surface area (Å²) in [5.41, 5.74) is -0.156. The molecule has 4 heteroatoms. The van der Waals surface area contributed by atoms with Crippen molar-refractivity contribution in [3.8, 4) is 0 Å². The molecule has 0 saturated heterocycles. The van der Waals surface area contributed by atoms with E-state index in [2.05, 4.69) is 6.92 Å². The van der Waals surface area contributed by atoms with E-state index >= 15 is 0 Å². The minimum absolute atomic E-state index is 0.136. The van der Waals surface area contributed by atoms with Crippen LogP contribution in [0.1, 0.15) is 33.1 Å². The van der Waals surface area contributed by atoms with Gasteiger partial charge in [0, 0.05) is 13.0 Å². The van der Waals surface area contributed by atoms with Crippen LogP contribution in [0.5, 0.6) is 0 Å². The lowest BCUT2D eigenvalue weighted by Gasteiger charge is -2.01. The van der Waals surface area contributed by atoms with Crippen LogP contribution < -0.4 is 0 Å². The molecule has 0 rings (SSSR count). The highest BCUT2D eigenvalue weighted by atomic mass is 31.1. The second kappa shape index (κ2) is 7.51. The van der Waals surface area contributed by atoms with Crippen molar-refractivity contribution in [2.75, 3.05) is 13.0 Å².